The van der Waals surface area contributed by atoms with Crippen LogP contribution >= 0.6 is 0 Å². The molecule has 0 aromatic carbocycles. The molecule has 0 saturated carbocycles. The minimum atomic E-state index is -3.52. The van der Waals surface area contributed by atoms with Gasteiger partial charge in [0, 0.05) is 18.3 Å². The molecule has 2 N–H and O–H groups in total. The van der Waals surface area contributed by atoms with Crippen LogP contribution in [0.4, 0.5) is 5.95 Å². The number of rotatable bonds is 7. The van der Waals surface area contributed by atoms with Crippen molar-refractivity contribution in [1.29, 1.82) is 0 Å². The first kappa shape index (κ1) is 15.6. The van der Waals surface area contributed by atoms with Gasteiger partial charge in [0.25, 0.3) is 0 Å². The third-order valence-electron chi connectivity index (χ3n) is 2.48. The molecule has 0 spiro atoms. The van der Waals surface area contributed by atoms with Crippen molar-refractivity contribution in [2.75, 3.05) is 24.9 Å². The number of methoxy groups -OCH3 is 1. The van der Waals surface area contributed by atoms with Crippen LogP contribution in [0.5, 0.6) is 5.88 Å². The minimum Gasteiger partial charge on any atom is -0.481 e. The van der Waals surface area contributed by atoms with E-state index in [0.717, 1.165) is 0 Å². The monoisotopic (exact) mass is 288 g/mol. The SMILES string of the molecule is CCNCC(C)S(=O)(=O)Nc1nc(C)cc(OC)n1. The number of anilines is 1. The summed E-state index contributed by atoms with van der Waals surface area (Å²) < 4.78 is 31.4. The van der Waals surface area contributed by atoms with E-state index in [1.807, 2.05) is 6.92 Å². The van der Waals surface area contributed by atoms with Gasteiger partial charge < -0.3 is 10.1 Å². The van der Waals surface area contributed by atoms with Gasteiger partial charge >= 0.3 is 0 Å². The Labute approximate surface area is 113 Å². The van der Waals surface area contributed by atoms with E-state index >= 15 is 0 Å². The Morgan fingerprint density at radius 3 is 2.68 bits per heavy atom. The Kier molecular flexibility index (Phi) is 5.49. The van der Waals surface area contributed by atoms with Crippen LogP contribution in [0.3, 0.4) is 0 Å². The molecule has 0 aliphatic carbocycles. The molecule has 0 bridgehead atoms. The first-order valence-electron chi connectivity index (χ1n) is 6.01. The summed E-state index contributed by atoms with van der Waals surface area (Å²) in [5.74, 6) is 0.352. The van der Waals surface area contributed by atoms with Crippen molar-refractivity contribution < 1.29 is 13.2 Å². The molecule has 0 fully saturated rings. The van der Waals surface area contributed by atoms with Crippen LogP contribution in [0.15, 0.2) is 6.07 Å². The van der Waals surface area contributed by atoms with Crippen LogP contribution < -0.4 is 14.8 Å². The maximum absolute atomic E-state index is 12.0. The Balaban J connectivity index is 2.85. The fourth-order valence-corrected chi connectivity index (χ4v) is 2.26. The van der Waals surface area contributed by atoms with Crippen molar-refractivity contribution in [2.24, 2.45) is 0 Å². The quantitative estimate of drug-likeness (QED) is 0.760. The van der Waals surface area contributed by atoms with Crippen LogP contribution in [-0.2, 0) is 10.0 Å². The van der Waals surface area contributed by atoms with Gasteiger partial charge in [0.1, 0.15) is 0 Å². The summed E-state index contributed by atoms with van der Waals surface area (Å²) in [4.78, 5) is 7.98. The topological polar surface area (TPSA) is 93.2 Å². The van der Waals surface area contributed by atoms with E-state index in [2.05, 4.69) is 20.0 Å². The number of hydrogen-bond acceptors (Lipinski definition) is 6. The molecule has 1 aromatic heterocycles. The number of nitrogens with one attached hydrogen (secondary N) is 2. The molecule has 0 saturated heterocycles. The lowest BCUT2D eigenvalue weighted by molar-refractivity contribution is 0.397. The van der Waals surface area contributed by atoms with Gasteiger partial charge in [0.2, 0.25) is 21.9 Å². The van der Waals surface area contributed by atoms with Crippen molar-refractivity contribution >= 4 is 16.0 Å². The summed E-state index contributed by atoms with van der Waals surface area (Å²) in [7, 11) is -2.05. The van der Waals surface area contributed by atoms with Crippen LogP contribution in [0.1, 0.15) is 19.5 Å². The fraction of sp³-hybridized carbons (Fsp3) is 0.636. The predicted octanol–water partition coefficient (Wildman–Crippen LogP) is 0.533. The second-order valence-corrected chi connectivity index (χ2v) is 6.24. The highest BCUT2D eigenvalue weighted by Gasteiger charge is 2.21. The lowest BCUT2D eigenvalue weighted by Gasteiger charge is -2.14. The normalized spacial score (nSPS) is 13.1. The van der Waals surface area contributed by atoms with E-state index in [1.54, 1.807) is 19.9 Å². The summed E-state index contributed by atoms with van der Waals surface area (Å²) in [5.41, 5.74) is 0.629. The molecule has 0 aliphatic heterocycles. The highest BCUT2D eigenvalue weighted by atomic mass is 32.2. The van der Waals surface area contributed by atoms with Gasteiger partial charge in [-0.05, 0) is 20.4 Å². The van der Waals surface area contributed by atoms with E-state index in [-0.39, 0.29) is 5.95 Å². The second kappa shape index (κ2) is 6.67. The van der Waals surface area contributed by atoms with Crippen LogP contribution in [0.25, 0.3) is 0 Å². The summed E-state index contributed by atoms with van der Waals surface area (Å²) in [6, 6.07) is 1.62. The number of ether oxygens (including phenoxy) is 1. The zero-order chi connectivity index (χ0) is 14.5. The molecule has 1 heterocycles. The summed E-state index contributed by atoms with van der Waals surface area (Å²) in [6.45, 7) is 6.37. The first-order valence-corrected chi connectivity index (χ1v) is 7.55. The molecule has 1 aromatic rings. The molecule has 7 nitrogen and oxygen atoms in total. The zero-order valence-corrected chi connectivity index (χ0v) is 12.4. The number of aromatic nitrogens is 2. The highest BCUT2D eigenvalue weighted by molar-refractivity contribution is 7.93. The Morgan fingerprint density at radius 2 is 2.11 bits per heavy atom. The average molecular weight is 288 g/mol. The zero-order valence-electron chi connectivity index (χ0n) is 11.6. The molecular weight excluding hydrogens is 268 g/mol. The number of hydrogen-bond donors (Lipinski definition) is 2. The van der Waals surface area contributed by atoms with Crippen molar-refractivity contribution in [3.05, 3.63) is 11.8 Å². The van der Waals surface area contributed by atoms with Crippen LogP contribution in [-0.4, -0.2) is 43.8 Å². The van der Waals surface area contributed by atoms with Crippen LogP contribution in [0, 0.1) is 6.92 Å². The Bertz CT molecular complexity index is 519. The standard InChI is InChI=1S/C11H20N4O3S/c1-5-12-7-9(3)19(16,17)15-11-13-8(2)6-10(14-11)18-4/h6,9,12H,5,7H2,1-4H3,(H,13,14,15). The molecule has 0 amide bonds. The molecule has 19 heavy (non-hydrogen) atoms. The first-order chi connectivity index (χ1) is 8.89. The Hall–Kier alpha value is -1.41. The average Bonchev–Trinajstić information content (AvgIpc) is 2.34. The Morgan fingerprint density at radius 1 is 1.42 bits per heavy atom. The lowest BCUT2D eigenvalue weighted by Crippen LogP contribution is -2.35. The fourth-order valence-electron chi connectivity index (χ4n) is 1.38. The summed E-state index contributed by atoms with van der Waals surface area (Å²) in [5, 5.41) is 2.41. The van der Waals surface area contributed by atoms with Crippen molar-refractivity contribution in [2.45, 2.75) is 26.0 Å². The molecule has 1 rings (SSSR count). The number of sulfonamides is 1. The maximum Gasteiger partial charge on any atom is 0.240 e. The number of nitrogens with zero attached hydrogens (tertiary/aromatic N) is 2. The highest BCUT2D eigenvalue weighted by Crippen LogP contribution is 2.13. The van der Waals surface area contributed by atoms with Crippen molar-refractivity contribution in [1.82, 2.24) is 15.3 Å². The molecule has 108 valence electrons. The molecule has 8 heteroatoms. The van der Waals surface area contributed by atoms with E-state index in [0.29, 0.717) is 24.7 Å². The van der Waals surface area contributed by atoms with E-state index in [1.165, 1.54) is 7.11 Å². The molecule has 0 radical (unpaired) electrons. The minimum absolute atomic E-state index is 0.0280. The van der Waals surface area contributed by atoms with Crippen molar-refractivity contribution in [3.63, 3.8) is 0 Å². The maximum atomic E-state index is 12.0. The van der Waals surface area contributed by atoms with Gasteiger partial charge in [-0.3, -0.25) is 4.72 Å². The van der Waals surface area contributed by atoms with E-state index in [4.69, 9.17) is 4.74 Å². The number of aryl methyl sites for hydroxylation is 1. The van der Waals surface area contributed by atoms with Gasteiger partial charge in [0.05, 0.1) is 12.4 Å². The van der Waals surface area contributed by atoms with E-state index < -0.39 is 15.3 Å². The summed E-state index contributed by atoms with van der Waals surface area (Å²) >= 11 is 0. The second-order valence-electron chi connectivity index (χ2n) is 4.14. The largest absolute Gasteiger partial charge is 0.481 e. The molecule has 1 atom stereocenters. The smallest absolute Gasteiger partial charge is 0.240 e. The van der Waals surface area contributed by atoms with Gasteiger partial charge in [-0.25, -0.2) is 13.4 Å². The van der Waals surface area contributed by atoms with Crippen molar-refractivity contribution in [3.8, 4) is 5.88 Å². The predicted molar refractivity (Wildman–Crippen MR) is 73.9 cm³/mol. The third kappa shape index (κ3) is 4.64. The molecule has 1 unspecified atom stereocenters. The van der Waals surface area contributed by atoms with Gasteiger partial charge in [0.15, 0.2) is 0 Å². The van der Waals surface area contributed by atoms with Gasteiger partial charge in [-0.2, -0.15) is 4.98 Å². The van der Waals surface area contributed by atoms with Crippen LogP contribution in [0.2, 0.25) is 0 Å². The third-order valence-corrected chi connectivity index (χ3v) is 4.18. The van der Waals surface area contributed by atoms with E-state index in [9.17, 15) is 8.42 Å². The van der Waals surface area contributed by atoms with Gasteiger partial charge in [-0.15, -0.1) is 0 Å². The molecule has 0 aliphatic rings. The summed E-state index contributed by atoms with van der Waals surface area (Å²) in [6.07, 6.45) is 0. The van der Waals surface area contributed by atoms with Gasteiger partial charge in [-0.1, -0.05) is 6.92 Å². The lowest BCUT2D eigenvalue weighted by atomic mass is 10.4. The molecular formula is C11H20N4O3S.